The second-order valence-corrected chi connectivity index (χ2v) is 7.02. The number of aromatic nitrogens is 2. The van der Waals surface area contributed by atoms with Crippen molar-refractivity contribution in [3.05, 3.63) is 54.1 Å². The molecule has 26 heavy (non-hydrogen) atoms. The highest BCUT2D eigenvalue weighted by molar-refractivity contribution is 7.80. The largest absolute Gasteiger partial charge is 0.469 e. The molecular weight excluding hydrogens is 348 g/mol. The van der Waals surface area contributed by atoms with Crippen molar-refractivity contribution in [2.24, 2.45) is 0 Å². The van der Waals surface area contributed by atoms with Gasteiger partial charge in [-0.05, 0) is 49.8 Å². The van der Waals surface area contributed by atoms with Crippen LogP contribution in [0.15, 0.2) is 42.9 Å². The summed E-state index contributed by atoms with van der Waals surface area (Å²) in [5.41, 5.74) is 2.07. The summed E-state index contributed by atoms with van der Waals surface area (Å²) in [6, 6.07) is 8.27. The summed E-state index contributed by atoms with van der Waals surface area (Å²) in [5, 5.41) is 4.01. The molecule has 1 N–H and O–H groups in total. The van der Waals surface area contributed by atoms with E-state index < -0.39 is 0 Å². The van der Waals surface area contributed by atoms with Crippen molar-refractivity contribution in [2.75, 3.05) is 13.7 Å². The number of nitrogens with one attached hydrogen (secondary N) is 1. The first kappa shape index (κ1) is 18.4. The maximum absolute atomic E-state index is 11.6. The monoisotopic (exact) mass is 372 g/mol. The number of carbonyl (C=O) groups excluding carboxylic acids is 1. The molecule has 138 valence electrons. The Balaban J connectivity index is 1.94. The average Bonchev–Trinajstić information content (AvgIpc) is 3.25. The Hall–Kier alpha value is -2.41. The molecule has 1 fully saturated rings. The molecule has 0 spiro atoms. The predicted molar refractivity (Wildman–Crippen MR) is 104 cm³/mol. The SMILES string of the molecule is COC(=O)CCN1C(=S)NC(c2ccccn2)C1c1ccn(C(C)C)c1. The number of thiocarbonyl (C=S) groups is 1. The molecule has 3 rings (SSSR count). The molecule has 2 atom stereocenters. The Labute approximate surface area is 159 Å². The number of hydrogen-bond donors (Lipinski definition) is 1. The number of ether oxygens (including phenoxy) is 1. The van der Waals surface area contributed by atoms with Gasteiger partial charge in [-0.3, -0.25) is 9.78 Å². The van der Waals surface area contributed by atoms with Crippen LogP contribution in [-0.4, -0.2) is 39.2 Å². The lowest BCUT2D eigenvalue weighted by atomic mass is 9.99. The molecule has 0 aromatic carbocycles. The quantitative estimate of drug-likeness (QED) is 0.621. The van der Waals surface area contributed by atoms with Gasteiger partial charge in [0.25, 0.3) is 0 Å². The lowest BCUT2D eigenvalue weighted by molar-refractivity contribution is -0.140. The van der Waals surface area contributed by atoms with E-state index in [-0.39, 0.29) is 24.5 Å². The second-order valence-electron chi connectivity index (χ2n) is 6.63. The van der Waals surface area contributed by atoms with Crippen LogP contribution in [0.1, 0.15) is 49.7 Å². The zero-order valence-electron chi connectivity index (χ0n) is 15.3. The lowest BCUT2D eigenvalue weighted by Crippen LogP contribution is -2.31. The minimum atomic E-state index is -0.243. The van der Waals surface area contributed by atoms with Crippen LogP contribution in [0.4, 0.5) is 0 Å². The first-order chi connectivity index (χ1) is 12.5. The number of hydrogen-bond acceptors (Lipinski definition) is 4. The zero-order chi connectivity index (χ0) is 18.7. The lowest BCUT2D eigenvalue weighted by Gasteiger charge is -2.27. The number of nitrogens with zero attached hydrogens (tertiary/aromatic N) is 3. The summed E-state index contributed by atoms with van der Waals surface area (Å²) < 4.78 is 6.96. The van der Waals surface area contributed by atoms with Crippen molar-refractivity contribution < 1.29 is 9.53 Å². The Bertz CT molecular complexity index is 775. The third-order valence-electron chi connectivity index (χ3n) is 4.66. The number of carbonyl (C=O) groups is 1. The van der Waals surface area contributed by atoms with E-state index in [0.29, 0.717) is 17.7 Å². The van der Waals surface area contributed by atoms with Crippen LogP contribution in [0, 0.1) is 0 Å². The number of rotatable bonds is 6. The van der Waals surface area contributed by atoms with Crippen molar-refractivity contribution in [1.82, 2.24) is 19.8 Å². The van der Waals surface area contributed by atoms with E-state index in [9.17, 15) is 4.79 Å². The zero-order valence-corrected chi connectivity index (χ0v) is 16.1. The molecule has 7 heteroatoms. The third kappa shape index (κ3) is 3.72. The first-order valence-corrected chi connectivity index (χ1v) is 9.14. The van der Waals surface area contributed by atoms with Crippen LogP contribution in [0.25, 0.3) is 0 Å². The van der Waals surface area contributed by atoms with Gasteiger partial charge in [0.15, 0.2) is 5.11 Å². The molecule has 1 saturated heterocycles. The van der Waals surface area contributed by atoms with Crippen LogP contribution in [0.2, 0.25) is 0 Å². The molecule has 0 aliphatic carbocycles. The van der Waals surface area contributed by atoms with Crippen LogP contribution < -0.4 is 5.32 Å². The van der Waals surface area contributed by atoms with Gasteiger partial charge >= 0.3 is 5.97 Å². The highest BCUT2D eigenvalue weighted by Gasteiger charge is 2.40. The molecule has 2 aromatic heterocycles. The highest BCUT2D eigenvalue weighted by atomic mass is 32.1. The van der Waals surface area contributed by atoms with E-state index in [1.54, 1.807) is 6.20 Å². The summed E-state index contributed by atoms with van der Waals surface area (Å²) in [7, 11) is 1.40. The fourth-order valence-corrected chi connectivity index (χ4v) is 3.58. The molecule has 2 aromatic rings. The number of esters is 1. The van der Waals surface area contributed by atoms with E-state index in [4.69, 9.17) is 17.0 Å². The van der Waals surface area contributed by atoms with E-state index in [1.165, 1.54) is 7.11 Å². The fraction of sp³-hybridized carbons (Fsp3) is 0.421. The molecule has 6 nitrogen and oxygen atoms in total. The van der Waals surface area contributed by atoms with Crippen molar-refractivity contribution in [3.8, 4) is 0 Å². The van der Waals surface area contributed by atoms with Gasteiger partial charge in [0.1, 0.15) is 0 Å². The molecule has 1 aliphatic rings. The van der Waals surface area contributed by atoms with E-state index in [2.05, 4.69) is 52.1 Å². The topological polar surface area (TPSA) is 59.4 Å². The van der Waals surface area contributed by atoms with Crippen molar-refractivity contribution >= 4 is 23.3 Å². The first-order valence-electron chi connectivity index (χ1n) is 8.73. The van der Waals surface area contributed by atoms with Crippen LogP contribution in [0.5, 0.6) is 0 Å². The molecule has 0 saturated carbocycles. The van der Waals surface area contributed by atoms with Gasteiger partial charge in [0.2, 0.25) is 0 Å². The number of methoxy groups -OCH3 is 1. The van der Waals surface area contributed by atoms with E-state index in [1.807, 2.05) is 18.2 Å². The maximum Gasteiger partial charge on any atom is 0.307 e. The van der Waals surface area contributed by atoms with Crippen LogP contribution >= 0.6 is 12.2 Å². The summed E-state index contributed by atoms with van der Waals surface area (Å²) in [4.78, 5) is 18.2. The van der Waals surface area contributed by atoms with Gasteiger partial charge in [0, 0.05) is 31.2 Å². The van der Waals surface area contributed by atoms with Gasteiger partial charge < -0.3 is 19.5 Å². The molecule has 0 radical (unpaired) electrons. The molecule has 3 heterocycles. The maximum atomic E-state index is 11.6. The van der Waals surface area contributed by atoms with Gasteiger partial charge in [-0.2, -0.15) is 0 Å². The van der Waals surface area contributed by atoms with Crippen molar-refractivity contribution in [2.45, 2.75) is 38.4 Å². The van der Waals surface area contributed by atoms with Gasteiger partial charge in [-0.15, -0.1) is 0 Å². The smallest absolute Gasteiger partial charge is 0.307 e. The summed E-state index contributed by atoms with van der Waals surface area (Å²) in [6.45, 7) is 4.79. The normalized spacial score (nSPS) is 19.7. The average molecular weight is 372 g/mol. The van der Waals surface area contributed by atoms with Gasteiger partial charge in [-0.25, -0.2) is 0 Å². The van der Waals surface area contributed by atoms with Crippen LogP contribution in [-0.2, 0) is 9.53 Å². The minimum Gasteiger partial charge on any atom is -0.469 e. The highest BCUT2D eigenvalue weighted by Crippen LogP contribution is 2.38. The molecule has 1 aliphatic heterocycles. The summed E-state index contributed by atoms with van der Waals surface area (Å²) in [5.74, 6) is -0.243. The third-order valence-corrected chi connectivity index (χ3v) is 5.01. The van der Waals surface area contributed by atoms with Crippen LogP contribution in [0.3, 0.4) is 0 Å². The molecule has 0 bridgehead atoms. The Kier molecular flexibility index (Phi) is 5.56. The van der Waals surface area contributed by atoms with Crippen molar-refractivity contribution in [1.29, 1.82) is 0 Å². The van der Waals surface area contributed by atoms with Gasteiger partial charge in [-0.1, -0.05) is 6.07 Å². The van der Waals surface area contributed by atoms with E-state index >= 15 is 0 Å². The Morgan fingerprint density at radius 3 is 2.81 bits per heavy atom. The van der Waals surface area contributed by atoms with E-state index in [0.717, 1.165) is 11.3 Å². The summed E-state index contributed by atoms with van der Waals surface area (Å²) >= 11 is 5.57. The molecule has 0 amide bonds. The van der Waals surface area contributed by atoms with Crippen molar-refractivity contribution in [3.63, 3.8) is 0 Å². The second kappa shape index (κ2) is 7.86. The van der Waals surface area contributed by atoms with Gasteiger partial charge in [0.05, 0.1) is 31.3 Å². The standard InChI is InChI=1S/C19H24N4O2S/c1-13(2)22-10-7-14(12-22)18-17(15-6-4-5-9-20-15)21-19(26)23(18)11-8-16(24)25-3/h4-7,9-10,12-13,17-18H,8,11H2,1-3H3,(H,21,26). The molecule has 2 unspecified atom stereocenters. The summed E-state index contributed by atoms with van der Waals surface area (Å²) in [6.07, 6.45) is 6.30. The Morgan fingerprint density at radius 1 is 1.38 bits per heavy atom. The number of pyridine rings is 1. The minimum absolute atomic E-state index is 0.0259. The molecular formula is C19H24N4O2S. The Morgan fingerprint density at radius 2 is 2.19 bits per heavy atom. The fourth-order valence-electron chi connectivity index (χ4n) is 3.25. The predicted octanol–water partition coefficient (Wildman–Crippen LogP) is 3.00.